The molecule has 1 heterocycles. The van der Waals surface area contributed by atoms with Gasteiger partial charge in [-0.05, 0) is 35.9 Å². The monoisotopic (exact) mass is 257 g/mol. The number of aromatic nitrogens is 2. The number of nitrogens with zero attached hydrogens (tertiary/aromatic N) is 2. The third-order valence-corrected chi connectivity index (χ3v) is 2.93. The van der Waals surface area contributed by atoms with E-state index < -0.39 is 5.82 Å². The fourth-order valence-electron chi connectivity index (χ4n) is 2.03. The average molecular weight is 257 g/mol. The molecule has 3 aromatic rings. The summed E-state index contributed by atoms with van der Waals surface area (Å²) >= 11 is 0. The van der Waals surface area contributed by atoms with Crippen LogP contribution in [0.1, 0.15) is 6.93 Å². The zero-order chi connectivity index (χ0) is 14.1. The van der Waals surface area contributed by atoms with E-state index in [-0.39, 0.29) is 6.04 Å². The lowest BCUT2D eigenvalue weighted by atomic mass is 10.2. The molecule has 0 radical (unpaired) electrons. The molecule has 1 aromatic heterocycles. The fourth-order valence-corrected chi connectivity index (χ4v) is 2.03. The van der Waals surface area contributed by atoms with Crippen LogP contribution in [0.4, 0.5) is 4.39 Å². The Balaban J connectivity index is 1.94. The van der Waals surface area contributed by atoms with Crippen LogP contribution >= 0.6 is 0 Å². The first-order valence-electron chi connectivity index (χ1n) is 6.42. The van der Waals surface area contributed by atoms with Crippen molar-refractivity contribution in [3.05, 3.63) is 60.0 Å². The van der Waals surface area contributed by atoms with Crippen molar-refractivity contribution in [1.82, 2.24) is 9.78 Å². The van der Waals surface area contributed by atoms with Gasteiger partial charge in [-0.15, -0.1) is 0 Å². The van der Waals surface area contributed by atoms with Gasteiger partial charge in [0, 0.05) is 11.6 Å². The van der Waals surface area contributed by atoms with E-state index in [1.807, 2.05) is 24.3 Å². The minimum atomic E-state index is -0.529. The maximum atomic E-state index is 13.3. The zero-order valence-electron chi connectivity index (χ0n) is 11.4. The Bertz CT molecular complexity index is 731. The number of ether oxygens (including phenoxy) is 1. The molecule has 0 aliphatic carbocycles. The predicted molar refractivity (Wildman–Crippen MR) is 71.8 cm³/mol. The van der Waals surface area contributed by atoms with Crippen molar-refractivity contribution < 1.29 is 10.5 Å². The first-order valence-corrected chi connectivity index (χ1v) is 5.92. The van der Waals surface area contributed by atoms with Crippen molar-refractivity contribution in [3.63, 3.8) is 0 Å². The molecule has 0 amide bonds. The van der Waals surface area contributed by atoms with E-state index in [1.54, 1.807) is 18.0 Å². The quantitative estimate of drug-likeness (QED) is 0.720. The highest BCUT2D eigenvalue weighted by Gasteiger charge is 2.03. The van der Waals surface area contributed by atoms with Gasteiger partial charge in [0.15, 0.2) is 0 Å². The number of rotatable bonds is 3. The van der Waals surface area contributed by atoms with Gasteiger partial charge in [0.2, 0.25) is 0 Å². The molecular weight excluding hydrogens is 243 g/mol. The Labute approximate surface area is 111 Å². The Hall–Kier alpha value is -2.36. The second-order valence-corrected chi connectivity index (χ2v) is 4.30. The summed E-state index contributed by atoms with van der Waals surface area (Å²) in [6.45, 7) is 0.570. The molecule has 19 heavy (non-hydrogen) atoms. The number of hydrogen-bond acceptors (Lipinski definition) is 2. The Morgan fingerprint density at radius 3 is 3.11 bits per heavy atom. The highest BCUT2D eigenvalue weighted by molar-refractivity contribution is 5.77. The molecule has 4 heteroatoms. The fraction of sp³-hybridized carbons (Fsp3) is 0.133. The van der Waals surface area contributed by atoms with Crippen LogP contribution in [0, 0.1) is 5.82 Å². The summed E-state index contributed by atoms with van der Waals surface area (Å²) in [7, 11) is 1.62. The van der Waals surface area contributed by atoms with Crippen LogP contribution < -0.4 is 4.74 Å². The minimum absolute atomic E-state index is 0.135. The van der Waals surface area contributed by atoms with Gasteiger partial charge in [-0.3, -0.25) is 4.68 Å². The molecule has 0 aliphatic rings. The van der Waals surface area contributed by atoms with Crippen molar-refractivity contribution in [2.24, 2.45) is 0 Å². The first-order chi connectivity index (χ1) is 9.65. The average Bonchev–Trinajstić information content (AvgIpc) is 2.80. The summed E-state index contributed by atoms with van der Waals surface area (Å²) in [5, 5.41) is 5.05. The number of halogens is 1. The van der Waals surface area contributed by atoms with Crippen molar-refractivity contribution in [2.75, 3.05) is 7.11 Å². The van der Waals surface area contributed by atoms with Gasteiger partial charge in [-0.2, -0.15) is 5.10 Å². The van der Waals surface area contributed by atoms with Gasteiger partial charge >= 0.3 is 0 Å². The topological polar surface area (TPSA) is 27.1 Å². The lowest BCUT2D eigenvalue weighted by Gasteiger charge is -2.04. The molecule has 0 spiro atoms. The van der Waals surface area contributed by atoms with Crippen LogP contribution in [-0.4, -0.2) is 16.9 Å². The number of fused-ring (bicyclic) bond motifs is 1. The normalized spacial score (nSPS) is 11.6. The first kappa shape index (κ1) is 10.6. The summed E-state index contributed by atoms with van der Waals surface area (Å²) in [4.78, 5) is 0. The van der Waals surface area contributed by atoms with Gasteiger partial charge in [0.1, 0.15) is 11.6 Å². The predicted octanol–water partition coefficient (Wildman–Crippen LogP) is 3.23. The second kappa shape index (κ2) is 4.72. The minimum Gasteiger partial charge on any atom is -0.497 e. The Morgan fingerprint density at radius 1 is 1.37 bits per heavy atom. The van der Waals surface area contributed by atoms with Crippen LogP contribution in [-0.2, 0) is 6.54 Å². The molecule has 0 saturated heterocycles. The van der Waals surface area contributed by atoms with Crippen LogP contribution in [0.3, 0.4) is 0 Å². The van der Waals surface area contributed by atoms with Gasteiger partial charge in [-0.25, -0.2) is 4.39 Å². The number of methoxy groups -OCH3 is 1. The molecule has 96 valence electrons. The molecule has 0 aliphatic heterocycles. The summed E-state index contributed by atoms with van der Waals surface area (Å²) in [5.74, 6) is 0.261. The van der Waals surface area contributed by atoms with Crippen molar-refractivity contribution >= 4 is 10.9 Å². The van der Waals surface area contributed by atoms with Gasteiger partial charge in [0.25, 0.3) is 0 Å². The van der Waals surface area contributed by atoms with E-state index in [2.05, 4.69) is 5.10 Å². The maximum Gasteiger partial charge on any atom is 0.124 e. The van der Waals surface area contributed by atoms with Crippen molar-refractivity contribution in [3.8, 4) is 5.75 Å². The van der Waals surface area contributed by atoms with Gasteiger partial charge < -0.3 is 4.74 Å². The Kier molecular flexibility index (Phi) is 2.62. The Morgan fingerprint density at radius 2 is 2.26 bits per heavy atom. The molecular formula is C15H13FN2O. The van der Waals surface area contributed by atoms with Gasteiger partial charge in [-0.1, -0.05) is 12.1 Å². The van der Waals surface area contributed by atoms with E-state index >= 15 is 0 Å². The summed E-state index contributed by atoms with van der Waals surface area (Å²) < 4.78 is 27.7. The second-order valence-electron chi connectivity index (χ2n) is 4.30. The van der Waals surface area contributed by atoms with Crippen molar-refractivity contribution in [1.29, 1.82) is 0 Å². The largest absolute Gasteiger partial charge is 0.497 e. The highest BCUT2D eigenvalue weighted by atomic mass is 19.1. The molecule has 0 unspecified atom stereocenters. The lowest BCUT2D eigenvalue weighted by molar-refractivity contribution is 0.414. The number of benzene rings is 2. The van der Waals surface area contributed by atoms with Crippen molar-refractivity contribution in [2.45, 2.75) is 6.54 Å². The van der Waals surface area contributed by atoms with E-state index in [4.69, 9.17) is 6.11 Å². The van der Waals surface area contributed by atoms with E-state index in [9.17, 15) is 4.39 Å². The zero-order valence-corrected chi connectivity index (χ0v) is 10.4. The number of hydrogen-bond donors (Lipinski definition) is 0. The van der Waals surface area contributed by atoms with Crippen LogP contribution in [0.15, 0.2) is 48.6 Å². The summed E-state index contributed by atoms with van der Waals surface area (Å²) in [5.41, 5.74) is 1.67. The van der Waals surface area contributed by atoms with Crippen LogP contribution in [0.25, 0.3) is 10.9 Å². The standard InChI is InChI=1S/C15H13FN2O/c1-19-14-4-2-3-11(7-14)9-18-10-12-8-13(16)5-6-15(12)17-18/h2-8,10H,9H2,1H3/i5D. The van der Waals surface area contributed by atoms with Crippen LogP contribution in [0.2, 0.25) is 0 Å². The third-order valence-electron chi connectivity index (χ3n) is 2.93. The van der Waals surface area contributed by atoms with Crippen LogP contribution in [0.5, 0.6) is 5.75 Å². The third kappa shape index (κ3) is 2.42. The van der Waals surface area contributed by atoms with E-state index in [0.717, 1.165) is 11.3 Å². The summed E-state index contributed by atoms with van der Waals surface area (Å²) in [6.07, 6.45) is 1.78. The van der Waals surface area contributed by atoms with Gasteiger partial charge in [0.05, 0.1) is 20.5 Å². The molecule has 0 N–H and O–H groups in total. The molecule has 0 atom stereocenters. The smallest absolute Gasteiger partial charge is 0.124 e. The maximum absolute atomic E-state index is 13.3. The van der Waals surface area contributed by atoms with E-state index in [0.29, 0.717) is 17.4 Å². The lowest BCUT2D eigenvalue weighted by Crippen LogP contribution is -2.00. The molecule has 3 rings (SSSR count). The summed E-state index contributed by atoms with van der Waals surface area (Å²) in [6, 6.07) is 10.3. The molecule has 0 fully saturated rings. The molecule has 0 saturated carbocycles. The highest BCUT2D eigenvalue weighted by Crippen LogP contribution is 2.17. The SMILES string of the molecule is [2H]c1cc2nn(Cc3cccc(OC)c3)cc2cc1F. The molecule has 0 bridgehead atoms. The molecule has 2 aromatic carbocycles. The van der Waals surface area contributed by atoms with E-state index in [1.165, 1.54) is 12.1 Å². The molecule has 3 nitrogen and oxygen atoms in total.